The number of rotatable bonds is 1. The SMILES string of the molecule is CC.CC1C2CC[C@@]3(C)C4CC[C@@]5(C(=O)O)CCC(C)(C)C[C@@]5(N)C4=CCC3[C@@]2(C)CC[C@@H]1O. The molecule has 4 heteroatoms. The van der Waals surface area contributed by atoms with E-state index in [2.05, 4.69) is 40.7 Å². The third-order valence-electron chi connectivity index (χ3n) is 12.0. The first-order valence-electron chi connectivity index (χ1n) is 14.2. The molecule has 0 heterocycles. The van der Waals surface area contributed by atoms with Crippen molar-refractivity contribution < 1.29 is 15.0 Å². The summed E-state index contributed by atoms with van der Waals surface area (Å²) in [5.74, 6) is 1.27. The fourth-order valence-electron chi connectivity index (χ4n) is 10.2. The molecular weight excluding hydrogens is 422 g/mol. The molecule has 0 spiro atoms. The largest absolute Gasteiger partial charge is 0.481 e. The molecule has 4 nitrogen and oxygen atoms in total. The number of aliphatic carboxylic acids is 1. The van der Waals surface area contributed by atoms with Gasteiger partial charge in [0, 0.05) is 0 Å². The fraction of sp³-hybridized carbons (Fsp3) is 0.900. The Bertz CT molecular complexity index is 850. The van der Waals surface area contributed by atoms with Gasteiger partial charge in [-0.25, -0.2) is 0 Å². The van der Waals surface area contributed by atoms with Crippen molar-refractivity contribution in [2.24, 2.45) is 51.1 Å². The van der Waals surface area contributed by atoms with Crippen molar-refractivity contribution in [1.29, 1.82) is 0 Å². The zero-order valence-electron chi connectivity index (χ0n) is 22.9. The van der Waals surface area contributed by atoms with Crippen molar-refractivity contribution >= 4 is 5.97 Å². The Morgan fingerprint density at radius 3 is 2.26 bits per heavy atom. The summed E-state index contributed by atoms with van der Waals surface area (Å²) >= 11 is 0. The molecule has 34 heavy (non-hydrogen) atoms. The summed E-state index contributed by atoms with van der Waals surface area (Å²) in [5.41, 5.74) is 7.60. The molecule has 5 aliphatic rings. The number of hydrogen-bond acceptors (Lipinski definition) is 3. The second-order valence-corrected chi connectivity index (χ2v) is 13.9. The molecule has 0 aromatic rings. The molecule has 4 N–H and O–H groups in total. The predicted molar refractivity (Wildman–Crippen MR) is 138 cm³/mol. The average Bonchev–Trinajstić information content (AvgIpc) is 2.76. The van der Waals surface area contributed by atoms with Crippen LogP contribution >= 0.6 is 0 Å². The molecule has 5 aliphatic carbocycles. The Kier molecular flexibility index (Phi) is 6.42. The van der Waals surface area contributed by atoms with Crippen molar-refractivity contribution in [3.8, 4) is 0 Å². The van der Waals surface area contributed by atoms with Crippen LogP contribution in [-0.2, 0) is 4.79 Å². The highest BCUT2D eigenvalue weighted by Gasteiger charge is 2.68. The van der Waals surface area contributed by atoms with Gasteiger partial charge in [0.2, 0.25) is 0 Å². The van der Waals surface area contributed by atoms with Gasteiger partial charge in [-0.3, -0.25) is 4.79 Å². The lowest BCUT2D eigenvalue weighted by Crippen LogP contribution is -2.70. The molecular formula is C30H51NO3. The lowest BCUT2D eigenvalue weighted by Gasteiger charge is -2.68. The van der Waals surface area contributed by atoms with E-state index in [-0.39, 0.29) is 22.3 Å². The smallest absolute Gasteiger partial charge is 0.311 e. The van der Waals surface area contributed by atoms with Crippen LogP contribution < -0.4 is 5.73 Å². The zero-order valence-corrected chi connectivity index (χ0v) is 22.9. The predicted octanol–water partition coefficient (Wildman–Crippen LogP) is 6.56. The quantitative estimate of drug-likeness (QED) is 0.377. The van der Waals surface area contributed by atoms with E-state index in [0.29, 0.717) is 36.5 Å². The van der Waals surface area contributed by atoms with E-state index >= 15 is 0 Å². The molecule has 0 amide bonds. The van der Waals surface area contributed by atoms with Gasteiger partial charge in [-0.2, -0.15) is 0 Å². The highest BCUT2D eigenvalue weighted by Crippen LogP contribution is 2.71. The van der Waals surface area contributed by atoms with Gasteiger partial charge in [0.1, 0.15) is 0 Å². The van der Waals surface area contributed by atoms with Gasteiger partial charge in [0.05, 0.1) is 17.1 Å². The first-order valence-corrected chi connectivity index (χ1v) is 14.2. The van der Waals surface area contributed by atoms with Crippen LogP contribution in [0.5, 0.6) is 0 Å². The number of fused-ring (bicyclic) bond motifs is 7. The summed E-state index contributed by atoms with van der Waals surface area (Å²) in [4.78, 5) is 12.7. The average molecular weight is 474 g/mol. The third kappa shape index (κ3) is 3.33. The first-order chi connectivity index (χ1) is 15.8. The zero-order chi connectivity index (χ0) is 25.3. The van der Waals surface area contributed by atoms with Gasteiger partial charge in [-0.05, 0) is 110 Å². The third-order valence-corrected chi connectivity index (χ3v) is 12.0. The molecule has 0 aliphatic heterocycles. The molecule has 0 aromatic carbocycles. The Hall–Kier alpha value is -0.870. The van der Waals surface area contributed by atoms with E-state index < -0.39 is 16.9 Å². The van der Waals surface area contributed by atoms with Gasteiger partial charge in [0.25, 0.3) is 0 Å². The number of aliphatic hydroxyl groups is 1. The molecule has 194 valence electrons. The molecule has 5 rings (SSSR count). The molecule has 9 atom stereocenters. The minimum Gasteiger partial charge on any atom is -0.481 e. The number of allylic oxidation sites excluding steroid dienone is 1. The summed E-state index contributed by atoms with van der Waals surface area (Å²) in [6.07, 6.45) is 11.8. The van der Waals surface area contributed by atoms with Gasteiger partial charge >= 0.3 is 5.97 Å². The molecule has 0 radical (unpaired) electrons. The van der Waals surface area contributed by atoms with Gasteiger partial charge in [0.15, 0.2) is 0 Å². The van der Waals surface area contributed by atoms with Crippen LogP contribution in [0.1, 0.15) is 113 Å². The maximum Gasteiger partial charge on any atom is 0.311 e. The van der Waals surface area contributed by atoms with Crippen molar-refractivity contribution in [1.82, 2.24) is 0 Å². The molecule has 4 unspecified atom stereocenters. The van der Waals surface area contributed by atoms with E-state index in [4.69, 9.17) is 5.73 Å². The topological polar surface area (TPSA) is 83.5 Å². The monoisotopic (exact) mass is 473 g/mol. The van der Waals surface area contributed by atoms with Crippen molar-refractivity contribution in [3.63, 3.8) is 0 Å². The van der Waals surface area contributed by atoms with Crippen LogP contribution in [0, 0.1) is 45.3 Å². The molecule has 0 bridgehead atoms. The molecule has 4 fully saturated rings. The summed E-state index contributed by atoms with van der Waals surface area (Å²) in [5, 5.41) is 21.1. The molecule has 0 saturated heterocycles. The number of aliphatic hydroxyl groups excluding tert-OH is 1. The number of carboxylic acids is 1. The van der Waals surface area contributed by atoms with Gasteiger partial charge in [-0.15, -0.1) is 0 Å². The van der Waals surface area contributed by atoms with E-state index in [1.165, 1.54) is 18.4 Å². The minimum atomic E-state index is -0.807. The van der Waals surface area contributed by atoms with Crippen molar-refractivity contribution in [2.45, 2.75) is 124 Å². The highest BCUT2D eigenvalue weighted by atomic mass is 16.4. The lowest BCUT2D eigenvalue weighted by atomic mass is 9.37. The van der Waals surface area contributed by atoms with E-state index in [9.17, 15) is 15.0 Å². The van der Waals surface area contributed by atoms with Crippen LogP contribution in [0.15, 0.2) is 11.6 Å². The first kappa shape index (κ1) is 26.2. The van der Waals surface area contributed by atoms with Crippen LogP contribution in [0.2, 0.25) is 0 Å². The van der Waals surface area contributed by atoms with E-state index in [0.717, 1.165) is 38.5 Å². The highest BCUT2D eigenvalue weighted by molar-refractivity contribution is 5.79. The normalized spacial score (nSPS) is 51.3. The Balaban J connectivity index is 0.00000133. The molecule has 0 aromatic heterocycles. The minimum absolute atomic E-state index is 0.0762. The van der Waals surface area contributed by atoms with Gasteiger partial charge < -0.3 is 15.9 Å². The maximum absolute atomic E-state index is 12.7. The Morgan fingerprint density at radius 1 is 0.971 bits per heavy atom. The summed E-state index contributed by atoms with van der Waals surface area (Å²) in [6.45, 7) is 15.8. The van der Waals surface area contributed by atoms with Crippen molar-refractivity contribution in [3.05, 3.63) is 11.6 Å². The second-order valence-electron chi connectivity index (χ2n) is 13.9. The van der Waals surface area contributed by atoms with E-state index in [1.807, 2.05) is 13.8 Å². The standard InChI is InChI=1S/C28H45NO3.C2H6/c1-17-18-8-11-26(5)19-9-13-27(23(31)32)15-14-24(2,3)16-28(27,29)20(19)6-7-22(26)25(18,4)12-10-21(17)30;1-2/h6,17-19,21-22,30H,7-16,29H2,1-5H3,(H,31,32);1-2H3/t17?,18?,19?,21-,22?,25-,26-,27-,28+;/m0./s1. The summed E-state index contributed by atoms with van der Waals surface area (Å²) < 4.78 is 0. The number of nitrogens with two attached hydrogens (primary N) is 1. The lowest BCUT2D eigenvalue weighted by molar-refractivity contribution is -0.172. The summed E-state index contributed by atoms with van der Waals surface area (Å²) in [7, 11) is 0. The Labute approximate surface area is 208 Å². The van der Waals surface area contributed by atoms with Crippen LogP contribution in [0.3, 0.4) is 0 Å². The number of carboxylic acid groups (broad SMARTS) is 1. The van der Waals surface area contributed by atoms with Crippen LogP contribution in [-0.4, -0.2) is 27.8 Å². The number of hydrogen-bond donors (Lipinski definition) is 3. The fourth-order valence-corrected chi connectivity index (χ4v) is 10.2. The Morgan fingerprint density at radius 2 is 1.62 bits per heavy atom. The van der Waals surface area contributed by atoms with Gasteiger partial charge in [-0.1, -0.05) is 54.5 Å². The molecule has 4 saturated carbocycles. The second kappa shape index (κ2) is 8.33. The number of carbonyl (C=O) groups is 1. The maximum atomic E-state index is 12.7. The summed E-state index contributed by atoms with van der Waals surface area (Å²) in [6, 6.07) is 0. The van der Waals surface area contributed by atoms with Crippen LogP contribution in [0.25, 0.3) is 0 Å². The van der Waals surface area contributed by atoms with Crippen molar-refractivity contribution in [2.75, 3.05) is 0 Å². The van der Waals surface area contributed by atoms with Crippen LogP contribution in [0.4, 0.5) is 0 Å². The van der Waals surface area contributed by atoms with E-state index in [1.54, 1.807) is 0 Å².